The molecule has 0 fully saturated rings. The van der Waals surface area contributed by atoms with Gasteiger partial charge in [0.2, 0.25) is 0 Å². The fraction of sp³-hybridized carbons (Fsp3) is 0.595. The number of aryl methyl sites for hydroxylation is 2. The number of hydrogen-bond donors (Lipinski definition) is 3. The van der Waals surface area contributed by atoms with E-state index in [1.165, 1.54) is 29.5 Å². The lowest BCUT2D eigenvalue weighted by Gasteiger charge is -2.26. The van der Waals surface area contributed by atoms with Crippen LogP contribution >= 0.6 is 0 Å². The van der Waals surface area contributed by atoms with Gasteiger partial charge in [-0.3, -0.25) is 14.4 Å². The SMILES string of the molecule is CCCCc1ccc(CC(CCC)CCCC(CCC(CC(=O)O)(C(=O)O)C(=O)O)Cc2ccc(CCCC)cc2)cc1. The first-order chi connectivity index (χ1) is 20.6. The number of carbonyl (C=O) groups is 3. The van der Waals surface area contributed by atoms with Crippen LogP contribution in [0.2, 0.25) is 0 Å². The maximum Gasteiger partial charge on any atom is 0.321 e. The molecule has 0 saturated heterocycles. The van der Waals surface area contributed by atoms with Crippen molar-refractivity contribution in [3.63, 3.8) is 0 Å². The van der Waals surface area contributed by atoms with E-state index in [9.17, 15) is 29.7 Å². The summed E-state index contributed by atoms with van der Waals surface area (Å²) in [5.74, 6) is -3.96. The fourth-order valence-corrected chi connectivity index (χ4v) is 6.17. The summed E-state index contributed by atoms with van der Waals surface area (Å²) < 4.78 is 0. The number of benzene rings is 2. The van der Waals surface area contributed by atoms with Crippen LogP contribution in [0.1, 0.15) is 120 Å². The minimum absolute atomic E-state index is 0.0634. The van der Waals surface area contributed by atoms with Gasteiger partial charge in [0.15, 0.2) is 5.41 Å². The van der Waals surface area contributed by atoms with Gasteiger partial charge in [-0.2, -0.15) is 0 Å². The average molecular weight is 595 g/mol. The second kappa shape index (κ2) is 19.2. The van der Waals surface area contributed by atoms with Crippen molar-refractivity contribution < 1.29 is 29.7 Å². The Balaban J connectivity index is 2.13. The molecular weight excluding hydrogens is 540 g/mol. The summed E-state index contributed by atoms with van der Waals surface area (Å²) in [6.07, 6.45) is 12.9. The van der Waals surface area contributed by atoms with Crippen LogP contribution in [-0.4, -0.2) is 33.2 Å². The summed E-state index contributed by atoms with van der Waals surface area (Å²) >= 11 is 0. The molecule has 3 N–H and O–H groups in total. The summed E-state index contributed by atoms with van der Waals surface area (Å²) in [6.45, 7) is 6.60. The zero-order valence-electron chi connectivity index (χ0n) is 26.7. The van der Waals surface area contributed by atoms with Gasteiger partial charge in [0.1, 0.15) is 0 Å². The highest BCUT2D eigenvalue weighted by atomic mass is 16.4. The van der Waals surface area contributed by atoms with Crippen LogP contribution in [0.3, 0.4) is 0 Å². The maximum absolute atomic E-state index is 12.1. The third kappa shape index (κ3) is 12.5. The van der Waals surface area contributed by atoms with Crippen molar-refractivity contribution in [2.75, 3.05) is 0 Å². The topological polar surface area (TPSA) is 112 Å². The van der Waals surface area contributed by atoms with Crippen molar-refractivity contribution in [3.05, 3.63) is 70.8 Å². The minimum Gasteiger partial charge on any atom is -0.481 e. The van der Waals surface area contributed by atoms with Crippen LogP contribution in [0.4, 0.5) is 0 Å². The second-order valence-electron chi connectivity index (χ2n) is 12.5. The first-order valence-corrected chi connectivity index (χ1v) is 16.5. The van der Waals surface area contributed by atoms with Gasteiger partial charge >= 0.3 is 17.9 Å². The Morgan fingerprint density at radius 2 is 1.00 bits per heavy atom. The van der Waals surface area contributed by atoms with E-state index in [0.29, 0.717) is 18.8 Å². The van der Waals surface area contributed by atoms with Gasteiger partial charge in [-0.1, -0.05) is 114 Å². The molecule has 0 aliphatic carbocycles. The molecule has 2 aromatic rings. The molecular formula is C37H54O6. The molecule has 0 aromatic heterocycles. The van der Waals surface area contributed by atoms with Gasteiger partial charge < -0.3 is 15.3 Å². The van der Waals surface area contributed by atoms with E-state index >= 15 is 0 Å². The maximum atomic E-state index is 12.1. The summed E-state index contributed by atoms with van der Waals surface area (Å²) in [4.78, 5) is 35.6. The van der Waals surface area contributed by atoms with Crippen molar-refractivity contribution in [2.45, 2.75) is 124 Å². The average Bonchev–Trinajstić information content (AvgIpc) is 2.97. The Morgan fingerprint density at radius 1 is 0.581 bits per heavy atom. The third-order valence-electron chi connectivity index (χ3n) is 8.91. The molecule has 2 atom stereocenters. The molecule has 0 aliphatic rings. The summed E-state index contributed by atoms with van der Waals surface area (Å²) in [5.41, 5.74) is 2.87. The van der Waals surface area contributed by atoms with Crippen LogP contribution in [-0.2, 0) is 40.1 Å². The predicted molar refractivity (Wildman–Crippen MR) is 172 cm³/mol. The number of hydrogen-bond acceptors (Lipinski definition) is 3. The lowest BCUT2D eigenvalue weighted by atomic mass is 9.76. The highest BCUT2D eigenvalue weighted by molar-refractivity contribution is 6.01. The second-order valence-corrected chi connectivity index (χ2v) is 12.5. The van der Waals surface area contributed by atoms with E-state index in [2.05, 4.69) is 69.3 Å². The van der Waals surface area contributed by atoms with Gasteiger partial charge in [0.25, 0.3) is 0 Å². The van der Waals surface area contributed by atoms with Crippen LogP contribution in [0.15, 0.2) is 48.5 Å². The molecule has 238 valence electrons. The molecule has 43 heavy (non-hydrogen) atoms. The Labute approximate surface area is 258 Å². The molecule has 2 unspecified atom stereocenters. The Hall–Kier alpha value is -3.15. The van der Waals surface area contributed by atoms with E-state index in [-0.39, 0.29) is 12.3 Å². The molecule has 0 heterocycles. The number of carboxylic acid groups (broad SMARTS) is 3. The van der Waals surface area contributed by atoms with Gasteiger partial charge in [-0.15, -0.1) is 0 Å². The molecule has 0 bridgehead atoms. The zero-order valence-corrected chi connectivity index (χ0v) is 26.7. The predicted octanol–water partition coefficient (Wildman–Crippen LogP) is 8.77. The van der Waals surface area contributed by atoms with Crippen molar-refractivity contribution in [3.8, 4) is 0 Å². The minimum atomic E-state index is -2.32. The van der Waals surface area contributed by atoms with Crippen LogP contribution in [0.5, 0.6) is 0 Å². The molecule has 0 aliphatic heterocycles. The summed E-state index contributed by atoms with van der Waals surface area (Å²) in [6, 6.07) is 17.6. The normalized spacial score (nSPS) is 13.0. The van der Waals surface area contributed by atoms with Crippen LogP contribution < -0.4 is 0 Å². The first-order valence-electron chi connectivity index (χ1n) is 16.5. The van der Waals surface area contributed by atoms with Crippen LogP contribution in [0.25, 0.3) is 0 Å². The fourth-order valence-electron chi connectivity index (χ4n) is 6.17. The van der Waals surface area contributed by atoms with Gasteiger partial charge in [-0.05, 0) is 85.5 Å². The van der Waals surface area contributed by atoms with Gasteiger partial charge in [-0.25, -0.2) is 0 Å². The Morgan fingerprint density at radius 3 is 1.37 bits per heavy atom. The van der Waals surface area contributed by atoms with Gasteiger partial charge in [0, 0.05) is 0 Å². The van der Waals surface area contributed by atoms with Crippen molar-refractivity contribution >= 4 is 17.9 Å². The van der Waals surface area contributed by atoms with E-state index in [0.717, 1.165) is 69.8 Å². The standard InChI is InChI=1S/C37H54O6/c1-4-7-11-28-15-19-32(20-16-28)25-30(10-6-3)13-9-14-31(26-33-21-17-29(18-22-33)12-8-5-2)23-24-37(35(40)41,36(42)43)27-34(38)39/h15-22,30-31H,4-14,23-27H2,1-3H3,(H,38,39)(H,40,41)(H,42,43). The highest BCUT2D eigenvalue weighted by Crippen LogP contribution is 2.34. The van der Waals surface area contributed by atoms with E-state index in [1.54, 1.807) is 0 Å². The molecule has 0 saturated carbocycles. The van der Waals surface area contributed by atoms with Crippen molar-refractivity contribution in [1.29, 1.82) is 0 Å². The highest BCUT2D eigenvalue weighted by Gasteiger charge is 2.48. The molecule has 2 aromatic carbocycles. The summed E-state index contributed by atoms with van der Waals surface area (Å²) in [5, 5.41) is 29.0. The van der Waals surface area contributed by atoms with Crippen molar-refractivity contribution in [1.82, 2.24) is 0 Å². The van der Waals surface area contributed by atoms with Crippen LogP contribution in [0, 0.1) is 17.3 Å². The lowest BCUT2D eigenvalue weighted by Crippen LogP contribution is -2.41. The number of carboxylic acids is 3. The van der Waals surface area contributed by atoms with E-state index in [4.69, 9.17) is 0 Å². The largest absolute Gasteiger partial charge is 0.481 e. The monoisotopic (exact) mass is 594 g/mol. The van der Waals surface area contributed by atoms with Gasteiger partial charge in [0.05, 0.1) is 6.42 Å². The number of rotatable bonds is 23. The van der Waals surface area contributed by atoms with E-state index in [1.807, 2.05) is 0 Å². The number of unbranched alkanes of at least 4 members (excludes halogenated alkanes) is 2. The lowest BCUT2D eigenvalue weighted by molar-refractivity contribution is -0.170. The number of aliphatic carboxylic acids is 3. The molecule has 0 radical (unpaired) electrons. The summed E-state index contributed by atoms with van der Waals surface area (Å²) in [7, 11) is 0. The molecule has 2 rings (SSSR count). The third-order valence-corrected chi connectivity index (χ3v) is 8.91. The molecule has 0 amide bonds. The Bertz CT molecular complexity index is 1090. The molecule has 6 nitrogen and oxygen atoms in total. The zero-order chi connectivity index (χ0) is 31.7. The quantitative estimate of drug-likeness (QED) is 0.111. The van der Waals surface area contributed by atoms with E-state index < -0.39 is 29.7 Å². The van der Waals surface area contributed by atoms with Crippen molar-refractivity contribution in [2.24, 2.45) is 17.3 Å². The molecule has 6 heteroatoms. The first kappa shape index (κ1) is 36.0. The smallest absolute Gasteiger partial charge is 0.321 e. The molecule has 0 spiro atoms. The Kier molecular flexibility index (Phi) is 16.1.